The van der Waals surface area contributed by atoms with Gasteiger partial charge in [-0.05, 0) is 43.5 Å². The molecule has 2 aromatic rings. The molecule has 20 heavy (non-hydrogen) atoms. The Morgan fingerprint density at radius 3 is 2.95 bits per heavy atom. The van der Waals surface area contributed by atoms with Gasteiger partial charge >= 0.3 is 0 Å². The first-order valence-corrected chi connectivity index (χ1v) is 7.01. The Morgan fingerprint density at radius 1 is 1.45 bits per heavy atom. The number of ether oxygens (including phenoxy) is 1. The van der Waals surface area contributed by atoms with Crippen molar-refractivity contribution in [3.05, 3.63) is 29.5 Å². The van der Waals surface area contributed by atoms with E-state index in [2.05, 4.69) is 23.6 Å². The van der Waals surface area contributed by atoms with Crippen molar-refractivity contribution in [1.29, 1.82) is 0 Å². The lowest BCUT2D eigenvalue weighted by atomic mass is 9.99. The number of hydrogen-bond acceptors (Lipinski definition) is 2. The van der Waals surface area contributed by atoms with Crippen LogP contribution in [0.3, 0.4) is 0 Å². The zero-order valence-electron chi connectivity index (χ0n) is 12.2. The molecule has 1 aliphatic heterocycles. The number of methoxy groups -OCH3 is 1. The van der Waals surface area contributed by atoms with E-state index in [0.717, 1.165) is 31.5 Å². The fraction of sp³-hybridized carbons (Fsp3) is 0.438. The van der Waals surface area contributed by atoms with Gasteiger partial charge in [-0.3, -0.25) is 4.79 Å². The van der Waals surface area contributed by atoms with Crippen LogP contribution in [0.5, 0.6) is 5.75 Å². The molecule has 0 saturated heterocycles. The van der Waals surface area contributed by atoms with Crippen molar-refractivity contribution < 1.29 is 9.53 Å². The fourth-order valence-corrected chi connectivity index (χ4v) is 3.37. The molecule has 1 atom stereocenters. The highest BCUT2D eigenvalue weighted by Crippen LogP contribution is 2.38. The van der Waals surface area contributed by atoms with Gasteiger partial charge in [-0.2, -0.15) is 0 Å². The molecule has 1 aromatic heterocycles. The van der Waals surface area contributed by atoms with Crippen molar-refractivity contribution in [3.8, 4) is 5.75 Å². The highest BCUT2D eigenvalue weighted by Gasteiger charge is 2.28. The number of carbonyl (C=O) groups excluding carboxylic acids is 1. The largest absolute Gasteiger partial charge is 0.497 e. The van der Waals surface area contributed by atoms with E-state index in [0.29, 0.717) is 0 Å². The summed E-state index contributed by atoms with van der Waals surface area (Å²) in [4.78, 5) is 12.9. The number of benzene rings is 1. The number of aromatic nitrogens is 1. The number of amides is 1. The molecule has 0 N–H and O–H groups in total. The second kappa shape index (κ2) is 4.85. The van der Waals surface area contributed by atoms with Gasteiger partial charge in [0, 0.05) is 30.2 Å². The van der Waals surface area contributed by atoms with Crippen molar-refractivity contribution >= 4 is 17.3 Å². The molecule has 4 heteroatoms. The Bertz CT molecular complexity index is 660. The van der Waals surface area contributed by atoms with E-state index in [1.165, 1.54) is 22.2 Å². The minimum atomic E-state index is 0.180. The van der Waals surface area contributed by atoms with Crippen LogP contribution in [-0.2, 0) is 11.3 Å². The standard InChI is InChI=1S/C16H20N2O2/c1-11-13-9-12(20-3)6-7-14(13)18-8-4-5-15(16(11)18)17(2)10-19/h6-7,9-10,15H,4-5,8H2,1-3H3. The quantitative estimate of drug-likeness (QED) is 0.805. The summed E-state index contributed by atoms with van der Waals surface area (Å²) in [5.41, 5.74) is 3.77. The predicted octanol–water partition coefficient (Wildman–Crippen LogP) is 2.88. The summed E-state index contributed by atoms with van der Waals surface area (Å²) >= 11 is 0. The molecule has 2 heterocycles. The van der Waals surface area contributed by atoms with E-state index in [1.807, 2.05) is 13.1 Å². The monoisotopic (exact) mass is 272 g/mol. The van der Waals surface area contributed by atoms with Gasteiger partial charge in [-0.25, -0.2) is 0 Å². The second-order valence-electron chi connectivity index (χ2n) is 5.47. The van der Waals surface area contributed by atoms with Gasteiger partial charge in [0.1, 0.15) is 5.75 Å². The van der Waals surface area contributed by atoms with Gasteiger partial charge in [-0.15, -0.1) is 0 Å². The van der Waals surface area contributed by atoms with E-state index in [-0.39, 0.29) is 6.04 Å². The first-order valence-electron chi connectivity index (χ1n) is 7.01. The van der Waals surface area contributed by atoms with Crippen molar-refractivity contribution in [2.75, 3.05) is 14.2 Å². The fourth-order valence-electron chi connectivity index (χ4n) is 3.37. The van der Waals surface area contributed by atoms with Crippen LogP contribution in [0.1, 0.15) is 30.1 Å². The summed E-state index contributed by atoms with van der Waals surface area (Å²) in [6, 6.07) is 6.39. The third-order valence-electron chi connectivity index (χ3n) is 4.41. The summed E-state index contributed by atoms with van der Waals surface area (Å²) in [7, 11) is 3.56. The summed E-state index contributed by atoms with van der Waals surface area (Å²) in [6.07, 6.45) is 3.06. The van der Waals surface area contributed by atoms with E-state index in [1.54, 1.807) is 12.0 Å². The summed E-state index contributed by atoms with van der Waals surface area (Å²) in [5, 5.41) is 1.23. The van der Waals surface area contributed by atoms with E-state index >= 15 is 0 Å². The topological polar surface area (TPSA) is 34.5 Å². The van der Waals surface area contributed by atoms with Crippen LogP contribution in [0.2, 0.25) is 0 Å². The average Bonchev–Trinajstić information content (AvgIpc) is 2.79. The van der Waals surface area contributed by atoms with E-state index < -0.39 is 0 Å². The molecule has 1 amide bonds. The summed E-state index contributed by atoms with van der Waals surface area (Å²) in [6.45, 7) is 3.17. The number of carbonyl (C=O) groups is 1. The molecule has 0 radical (unpaired) electrons. The molecule has 1 aliphatic rings. The van der Waals surface area contributed by atoms with Gasteiger partial charge < -0.3 is 14.2 Å². The maximum absolute atomic E-state index is 11.1. The van der Waals surface area contributed by atoms with Crippen molar-refractivity contribution in [1.82, 2.24) is 9.47 Å². The normalized spacial score (nSPS) is 17.9. The zero-order chi connectivity index (χ0) is 14.3. The number of nitrogens with zero attached hydrogens (tertiary/aromatic N) is 2. The Kier molecular flexibility index (Phi) is 3.16. The summed E-state index contributed by atoms with van der Waals surface area (Å²) < 4.78 is 7.69. The lowest BCUT2D eigenvalue weighted by Gasteiger charge is -2.31. The summed E-state index contributed by atoms with van der Waals surface area (Å²) in [5.74, 6) is 0.879. The third-order valence-corrected chi connectivity index (χ3v) is 4.41. The van der Waals surface area contributed by atoms with Crippen molar-refractivity contribution in [2.24, 2.45) is 0 Å². The number of fused-ring (bicyclic) bond motifs is 3. The third kappa shape index (κ3) is 1.79. The molecule has 0 fully saturated rings. The molecule has 1 aromatic carbocycles. The molecule has 0 aliphatic carbocycles. The van der Waals surface area contributed by atoms with Crippen LogP contribution in [0, 0.1) is 6.92 Å². The van der Waals surface area contributed by atoms with Gasteiger partial charge in [0.25, 0.3) is 0 Å². The second-order valence-corrected chi connectivity index (χ2v) is 5.47. The molecular formula is C16H20N2O2. The molecule has 4 nitrogen and oxygen atoms in total. The molecule has 1 unspecified atom stereocenters. The van der Waals surface area contributed by atoms with Gasteiger partial charge in [-0.1, -0.05) is 0 Å². The Hall–Kier alpha value is -1.97. The van der Waals surface area contributed by atoms with Gasteiger partial charge in [0.2, 0.25) is 6.41 Å². The molecule has 0 saturated carbocycles. The van der Waals surface area contributed by atoms with Crippen LogP contribution >= 0.6 is 0 Å². The van der Waals surface area contributed by atoms with Crippen molar-refractivity contribution in [2.45, 2.75) is 32.4 Å². The molecule has 106 valence electrons. The first-order chi connectivity index (χ1) is 9.67. The number of rotatable bonds is 3. The molecule has 0 spiro atoms. The zero-order valence-corrected chi connectivity index (χ0v) is 12.2. The predicted molar refractivity (Wildman–Crippen MR) is 79.0 cm³/mol. The Balaban J connectivity index is 2.23. The minimum Gasteiger partial charge on any atom is -0.497 e. The smallest absolute Gasteiger partial charge is 0.210 e. The molecule has 0 bridgehead atoms. The van der Waals surface area contributed by atoms with Gasteiger partial charge in [0.15, 0.2) is 0 Å². The van der Waals surface area contributed by atoms with Gasteiger partial charge in [0.05, 0.1) is 13.2 Å². The maximum atomic E-state index is 11.1. The van der Waals surface area contributed by atoms with Crippen LogP contribution in [0.25, 0.3) is 10.9 Å². The first kappa shape index (κ1) is 13.0. The van der Waals surface area contributed by atoms with Crippen LogP contribution in [0.15, 0.2) is 18.2 Å². The lowest BCUT2D eigenvalue weighted by molar-refractivity contribution is -0.119. The highest BCUT2D eigenvalue weighted by atomic mass is 16.5. The molecular weight excluding hydrogens is 252 g/mol. The minimum absolute atomic E-state index is 0.180. The average molecular weight is 272 g/mol. The Morgan fingerprint density at radius 2 is 2.25 bits per heavy atom. The molecule has 3 rings (SSSR count). The van der Waals surface area contributed by atoms with Crippen LogP contribution < -0.4 is 4.74 Å². The number of aryl methyl sites for hydroxylation is 2. The van der Waals surface area contributed by atoms with Crippen LogP contribution in [-0.4, -0.2) is 30.0 Å². The lowest BCUT2D eigenvalue weighted by Crippen LogP contribution is -2.29. The van der Waals surface area contributed by atoms with Crippen LogP contribution in [0.4, 0.5) is 0 Å². The Labute approximate surface area is 118 Å². The van der Waals surface area contributed by atoms with E-state index in [9.17, 15) is 4.79 Å². The number of hydrogen-bond donors (Lipinski definition) is 0. The van der Waals surface area contributed by atoms with Crippen molar-refractivity contribution in [3.63, 3.8) is 0 Å². The maximum Gasteiger partial charge on any atom is 0.210 e. The SMILES string of the molecule is COc1ccc2c(c1)c(C)c1n2CCCC1N(C)C=O. The van der Waals surface area contributed by atoms with E-state index in [4.69, 9.17) is 4.74 Å². The highest BCUT2D eigenvalue weighted by molar-refractivity contribution is 5.87.